The normalized spacial score (nSPS) is 30.6. The molecule has 44 valence electrons. The Bertz CT molecular complexity index is 120. The van der Waals surface area contributed by atoms with E-state index < -0.39 is 0 Å². The second-order valence-corrected chi connectivity index (χ2v) is 2.29. The number of rotatable bonds is 2. The molecule has 1 unspecified atom stereocenters. The smallest absolute Gasteiger partial charge is 0.0165 e. The summed E-state index contributed by atoms with van der Waals surface area (Å²) in [5, 5.41) is 0. The molecule has 1 saturated carbocycles. The van der Waals surface area contributed by atoms with Crippen LogP contribution in [0.3, 0.4) is 0 Å². The van der Waals surface area contributed by atoms with Crippen LogP contribution in [-0.4, -0.2) is 0 Å². The van der Waals surface area contributed by atoms with Crippen molar-refractivity contribution in [3.05, 3.63) is 24.3 Å². The van der Waals surface area contributed by atoms with Crippen LogP contribution in [0.5, 0.6) is 0 Å². The summed E-state index contributed by atoms with van der Waals surface area (Å²) in [6, 6.07) is 0. The van der Waals surface area contributed by atoms with Crippen molar-refractivity contribution in [1.82, 2.24) is 0 Å². The Balaban J connectivity index is 2.35. The summed E-state index contributed by atoms with van der Waals surface area (Å²) in [4.78, 5) is 0. The Morgan fingerprint density at radius 3 is 3.00 bits per heavy atom. The maximum atomic E-state index is 3.63. The Hall–Kier alpha value is -0.520. The SMILES string of the molecule is C=CC=C1CC1CC. The van der Waals surface area contributed by atoms with Crippen LogP contribution in [0.25, 0.3) is 0 Å². The van der Waals surface area contributed by atoms with Crippen molar-refractivity contribution in [2.24, 2.45) is 5.92 Å². The molecule has 1 fully saturated rings. The number of hydrogen-bond donors (Lipinski definition) is 0. The summed E-state index contributed by atoms with van der Waals surface area (Å²) in [7, 11) is 0. The van der Waals surface area contributed by atoms with Crippen molar-refractivity contribution < 1.29 is 0 Å². The molecular formula is C8H12. The zero-order chi connectivity index (χ0) is 5.98. The molecule has 0 saturated heterocycles. The molecular weight excluding hydrogens is 96.1 g/mol. The van der Waals surface area contributed by atoms with Gasteiger partial charge in [0.15, 0.2) is 0 Å². The maximum absolute atomic E-state index is 3.63. The molecule has 1 atom stereocenters. The lowest BCUT2D eigenvalue weighted by Gasteiger charge is -1.77. The van der Waals surface area contributed by atoms with E-state index >= 15 is 0 Å². The second kappa shape index (κ2) is 2.17. The summed E-state index contributed by atoms with van der Waals surface area (Å²) in [5.41, 5.74) is 1.59. The van der Waals surface area contributed by atoms with Gasteiger partial charge in [-0.2, -0.15) is 0 Å². The van der Waals surface area contributed by atoms with Gasteiger partial charge < -0.3 is 0 Å². The number of hydrogen-bond acceptors (Lipinski definition) is 0. The van der Waals surface area contributed by atoms with Crippen molar-refractivity contribution in [2.45, 2.75) is 19.8 Å². The van der Waals surface area contributed by atoms with E-state index in [9.17, 15) is 0 Å². The van der Waals surface area contributed by atoms with Gasteiger partial charge in [0.1, 0.15) is 0 Å². The first-order chi connectivity index (χ1) is 3.88. The predicted octanol–water partition coefficient (Wildman–Crippen LogP) is 2.53. The second-order valence-electron chi connectivity index (χ2n) is 2.29. The minimum atomic E-state index is 0.910. The van der Waals surface area contributed by atoms with Gasteiger partial charge in [-0.3, -0.25) is 0 Å². The van der Waals surface area contributed by atoms with Gasteiger partial charge in [0, 0.05) is 0 Å². The van der Waals surface area contributed by atoms with Crippen LogP contribution in [0.2, 0.25) is 0 Å². The minimum Gasteiger partial charge on any atom is -0.0991 e. The van der Waals surface area contributed by atoms with Crippen molar-refractivity contribution in [2.75, 3.05) is 0 Å². The van der Waals surface area contributed by atoms with E-state index in [1.54, 1.807) is 5.57 Å². The quantitative estimate of drug-likeness (QED) is 0.510. The molecule has 0 N–H and O–H groups in total. The van der Waals surface area contributed by atoms with Gasteiger partial charge in [-0.15, -0.1) is 0 Å². The fraction of sp³-hybridized carbons (Fsp3) is 0.500. The van der Waals surface area contributed by atoms with Gasteiger partial charge >= 0.3 is 0 Å². The van der Waals surface area contributed by atoms with Crippen LogP contribution in [0.15, 0.2) is 24.3 Å². The summed E-state index contributed by atoms with van der Waals surface area (Å²) < 4.78 is 0. The topological polar surface area (TPSA) is 0 Å². The molecule has 0 nitrogen and oxygen atoms in total. The molecule has 1 aliphatic rings. The first kappa shape index (κ1) is 5.61. The molecule has 0 aliphatic heterocycles. The Morgan fingerprint density at radius 2 is 2.62 bits per heavy atom. The number of allylic oxidation sites excluding steroid dienone is 3. The van der Waals surface area contributed by atoms with Gasteiger partial charge in [-0.1, -0.05) is 31.2 Å². The molecule has 0 spiro atoms. The van der Waals surface area contributed by atoms with Crippen molar-refractivity contribution >= 4 is 0 Å². The Kier molecular flexibility index (Phi) is 1.52. The zero-order valence-corrected chi connectivity index (χ0v) is 5.35. The average Bonchev–Trinajstić information content (AvgIpc) is 2.48. The van der Waals surface area contributed by atoms with E-state index in [4.69, 9.17) is 0 Å². The molecule has 0 aromatic rings. The lowest BCUT2D eigenvalue weighted by molar-refractivity contribution is 0.826. The zero-order valence-electron chi connectivity index (χ0n) is 5.35. The maximum Gasteiger partial charge on any atom is -0.0165 e. The fourth-order valence-corrected chi connectivity index (χ4v) is 0.988. The minimum absolute atomic E-state index is 0.910. The van der Waals surface area contributed by atoms with Gasteiger partial charge in [-0.05, 0) is 18.8 Å². The van der Waals surface area contributed by atoms with Crippen molar-refractivity contribution in [3.63, 3.8) is 0 Å². The average molecular weight is 108 g/mol. The molecule has 0 heterocycles. The predicted molar refractivity (Wildman–Crippen MR) is 36.7 cm³/mol. The van der Waals surface area contributed by atoms with Gasteiger partial charge in [0.05, 0.1) is 0 Å². The Labute approximate surface area is 50.9 Å². The molecule has 0 radical (unpaired) electrons. The highest BCUT2D eigenvalue weighted by Gasteiger charge is 2.25. The van der Waals surface area contributed by atoms with E-state index in [1.807, 2.05) is 6.08 Å². The fourth-order valence-electron chi connectivity index (χ4n) is 0.988. The molecule has 0 bridgehead atoms. The van der Waals surface area contributed by atoms with Crippen LogP contribution >= 0.6 is 0 Å². The van der Waals surface area contributed by atoms with E-state index in [0.29, 0.717) is 0 Å². The molecule has 0 aromatic carbocycles. The van der Waals surface area contributed by atoms with Crippen LogP contribution in [-0.2, 0) is 0 Å². The third-order valence-electron chi connectivity index (χ3n) is 1.67. The third kappa shape index (κ3) is 1.00. The molecule has 0 heteroatoms. The van der Waals surface area contributed by atoms with E-state index in [2.05, 4.69) is 19.6 Å². The van der Waals surface area contributed by atoms with Gasteiger partial charge in [0.25, 0.3) is 0 Å². The molecule has 8 heavy (non-hydrogen) atoms. The third-order valence-corrected chi connectivity index (χ3v) is 1.67. The molecule has 1 rings (SSSR count). The Morgan fingerprint density at radius 1 is 1.88 bits per heavy atom. The standard InChI is InChI=1S/C8H12/c1-3-5-8-6-7(8)4-2/h3,5,7H,1,4,6H2,2H3. The van der Waals surface area contributed by atoms with E-state index in [-0.39, 0.29) is 0 Å². The summed E-state index contributed by atoms with van der Waals surface area (Å²) in [5.74, 6) is 0.910. The van der Waals surface area contributed by atoms with Crippen LogP contribution in [0, 0.1) is 5.92 Å². The summed E-state index contributed by atoms with van der Waals surface area (Å²) in [6.45, 7) is 5.86. The lowest BCUT2D eigenvalue weighted by Crippen LogP contribution is -1.63. The van der Waals surface area contributed by atoms with E-state index in [1.165, 1.54) is 12.8 Å². The molecule has 1 aliphatic carbocycles. The van der Waals surface area contributed by atoms with Crippen LogP contribution in [0.1, 0.15) is 19.8 Å². The first-order valence-corrected chi connectivity index (χ1v) is 3.20. The molecule has 0 aromatic heterocycles. The molecule has 0 amide bonds. The van der Waals surface area contributed by atoms with Crippen molar-refractivity contribution in [3.8, 4) is 0 Å². The summed E-state index contributed by atoms with van der Waals surface area (Å²) in [6.07, 6.45) is 6.64. The highest BCUT2D eigenvalue weighted by molar-refractivity contribution is 5.26. The lowest BCUT2D eigenvalue weighted by atomic mass is 10.3. The summed E-state index contributed by atoms with van der Waals surface area (Å²) >= 11 is 0. The van der Waals surface area contributed by atoms with Gasteiger partial charge in [-0.25, -0.2) is 0 Å². The van der Waals surface area contributed by atoms with E-state index in [0.717, 1.165) is 5.92 Å². The van der Waals surface area contributed by atoms with Crippen molar-refractivity contribution in [1.29, 1.82) is 0 Å². The van der Waals surface area contributed by atoms with Crippen LogP contribution in [0.4, 0.5) is 0 Å². The van der Waals surface area contributed by atoms with Gasteiger partial charge in [0.2, 0.25) is 0 Å². The first-order valence-electron chi connectivity index (χ1n) is 3.20. The largest absolute Gasteiger partial charge is 0.0991 e. The van der Waals surface area contributed by atoms with Crippen LogP contribution < -0.4 is 0 Å². The monoisotopic (exact) mass is 108 g/mol. The highest BCUT2D eigenvalue weighted by Crippen LogP contribution is 2.39. The highest BCUT2D eigenvalue weighted by atomic mass is 14.3.